The second kappa shape index (κ2) is 8.36. The first-order valence-corrected chi connectivity index (χ1v) is 12.2. The summed E-state index contributed by atoms with van der Waals surface area (Å²) in [7, 11) is -3.18. The topological polar surface area (TPSA) is 79.3 Å². The Balaban J connectivity index is 1.58. The van der Waals surface area contributed by atoms with E-state index in [0.717, 1.165) is 68.2 Å². The van der Waals surface area contributed by atoms with Gasteiger partial charge in [-0.25, -0.2) is 22.7 Å². The van der Waals surface area contributed by atoms with E-state index in [1.165, 1.54) is 11.8 Å². The zero-order valence-corrected chi connectivity index (χ0v) is 18.0. The minimum atomic E-state index is -3.18. The lowest BCUT2D eigenvalue weighted by Gasteiger charge is -2.33. The quantitative estimate of drug-likeness (QED) is 0.746. The Labute approximate surface area is 173 Å². The van der Waals surface area contributed by atoms with E-state index in [1.807, 2.05) is 18.3 Å². The van der Waals surface area contributed by atoms with Gasteiger partial charge in [0.1, 0.15) is 11.6 Å². The zero-order chi connectivity index (χ0) is 20.4. The number of aromatic nitrogens is 3. The molecule has 1 unspecified atom stereocenters. The number of hydrogen-bond acceptors (Lipinski definition) is 6. The number of aryl methyl sites for hydroxylation is 1. The van der Waals surface area contributed by atoms with Gasteiger partial charge in [-0.3, -0.25) is 4.98 Å². The lowest BCUT2D eigenvalue weighted by Crippen LogP contribution is -2.39. The Hall–Kier alpha value is -2.06. The summed E-state index contributed by atoms with van der Waals surface area (Å²) >= 11 is 0. The lowest BCUT2D eigenvalue weighted by molar-refractivity contribution is 0.310. The minimum Gasteiger partial charge on any atom is -0.356 e. The number of pyridine rings is 1. The van der Waals surface area contributed by atoms with Gasteiger partial charge >= 0.3 is 0 Å². The molecule has 29 heavy (non-hydrogen) atoms. The molecule has 2 aliphatic rings. The summed E-state index contributed by atoms with van der Waals surface area (Å²) < 4.78 is 25.6. The third-order valence-electron chi connectivity index (χ3n) is 5.95. The number of fused-ring (bicyclic) bond motifs is 1. The average molecular weight is 416 g/mol. The first-order valence-electron chi connectivity index (χ1n) is 10.4. The molecular weight excluding hydrogens is 386 g/mol. The van der Waals surface area contributed by atoms with Crippen molar-refractivity contribution in [3.05, 3.63) is 47.2 Å². The van der Waals surface area contributed by atoms with Gasteiger partial charge in [0.2, 0.25) is 10.0 Å². The molecule has 1 atom stereocenters. The van der Waals surface area contributed by atoms with E-state index >= 15 is 0 Å². The van der Waals surface area contributed by atoms with Crippen LogP contribution in [-0.2, 0) is 22.9 Å². The van der Waals surface area contributed by atoms with Crippen molar-refractivity contribution in [2.24, 2.45) is 0 Å². The number of sulfonamides is 1. The Bertz CT molecular complexity index is 965. The predicted octanol–water partition coefficient (Wildman–Crippen LogP) is 2.31. The van der Waals surface area contributed by atoms with Crippen LogP contribution < -0.4 is 4.90 Å². The van der Waals surface area contributed by atoms with E-state index in [9.17, 15) is 8.42 Å². The molecule has 156 valence electrons. The maximum absolute atomic E-state index is 12.0. The van der Waals surface area contributed by atoms with Crippen molar-refractivity contribution >= 4 is 15.8 Å². The van der Waals surface area contributed by atoms with Crippen LogP contribution in [-0.4, -0.2) is 60.1 Å². The Morgan fingerprint density at radius 2 is 2.03 bits per heavy atom. The molecule has 0 aliphatic carbocycles. The molecule has 4 rings (SSSR count). The molecule has 7 nitrogen and oxygen atoms in total. The van der Waals surface area contributed by atoms with Crippen molar-refractivity contribution < 1.29 is 8.42 Å². The van der Waals surface area contributed by atoms with Gasteiger partial charge in [-0.15, -0.1) is 0 Å². The number of piperidine rings is 1. The van der Waals surface area contributed by atoms with Crippen LogP contribution in [0.3, 0.4) is 0 Å². The molecule has 8 heteroatoms. The van der Waals surface area contributed by atoms with Crippen LogP contribution in [0.4, 0.5) is 5.82 Å². The number of anilines is 1. The van der Waals surface area contributed by atoms with Crippen molar-refractivity contribution in [3.8, 4) is 0 Å². The Morgan fingerprint density at radius 3 is 2.79 bits per heavy atom. The maximum Gasteiger partial charge on any atom is 0.211 e. The van der Waals surface area contributed by atoms with E-state index in [2.05, 4.69) is 22.9 Å². The van der Waals surface area contributed by atoms with Crippen LogP contribution in [0.25, 0.3) is 0 Å². The van der Waals surface area contributed by atoms with Gasteiger partial charge in [-0.2, -0.15) is 0 Å². The van der Waals surface area contributed by atoms with E-state index in [0.29, 0.717) is 13.1 Å². The van der Waals surface area contributed by atoms with Crippen LogP contribution in [0.1, 0.15) is 48.0 Å². The third kappa shape index (κ3) is 4.59. The zero-order valence-electron chi connectivity index (χ0n) is 17.2. The Morgan fingerprint density at radius 1 is 1.17 bits per heavy atom. The molecule has 0 spiro atoms. The smallest absolute Gasteiger partial charge is 0.211 e. The summed E-state index contributed by atoms with van der Waals surface area (Å²) in [5.41, 5.74) is 3.35. The van der Waals surface area contributed by atoms with Gasteiger partial charge in [-0.1, -0.05) is 6.07 Å². The van der Waals surface area contributed by atoms with Crippen molar-refractivity contribution in [1.82, 2.24) is 19.3 Å². The first-order chi connectivity index (χ1) is 13.9. The van der Waals surface area contributed by atoms with Crippen LogP contribution in [0.2, 0.25) is 0 Å². The highest BCUT2D eigenvalue weighted by Gasteiger charge is 2.30. The lowest BCUT2D eigenvalue weighted by atomic mass is 9.97. The summed E-state index contributed by atoms with van der Waals surface area (Å²) in [4.78, 5) is 16.6. The summed E-state index contributed by atoms with van der Waals surface area (Å²) in [6, 6.07) is 6.02. The molecule has 0 saturated carbocycles. The molecule has 0 bridgehead atoms. The van der Waals surface area contributed by atoms with Crippen molar-refractivity contribution in [2.75, 3.05) is 37.3 Å². The fraction of sp³-hybridized carbons (Fsp3) is 0.571. The summed E-state index contributed by atoms with van der Waals surface area (Å²) in [6.45, 7) is 4.99. The van der Waals surface area contributed by atoms with E-state index in [1.54, 1.807) is 4.31 Å². The van der Waals surface area contributed by atoms with Gasteiger partial charge in [0.15, 0.2) is 0 Å². The van der Waals surface area contributed by atoms with Crippen LogP contribution in [0.15, 0.2) is 24.4 Å². The maximum atomic E-state index is 12.0. The van der Waals surface area contributed by atoms with Gasteiger partial charge in [0, 0.05) is 61.7 Å². The van der Waals surface area contributed by atoms with Gasteiger partial charge in [0.05, 0.1) is 6.26 Å². The van der Waals surface area contributed by atoms with E-state index in [-0.39, 0.29) is 5.92 Å². The molecule has 2 aromatic rings. The molecule has 2 aliphatic heterocycles. The molecule has 0 amide bonds. The third-order valence-corrected chi connectivity index (χ3v) is 7.22. The molecule has 0 N–H and O–H groups in total. The SMILES string of the molecule is Cc1nc(C2CCCN(S(C)(=O)=O)C2)nc2c1CCCN2CCc1ccccn1. The van der Waals surface area contributed by atoms with Crippen LogP contribution >= 0.6 is 0 Å². The molecule has 1 saturated heterocycles. The highest BCUT2D eigenvalue weighted by Crippen LogP contribution is 2.32. The molecule has 2 aromatic heterocycles. The Kier molecular flexibility index (Phi) is 5.83. The largest absolute Gasteiger partial charge is 0.356 e. The van der Waals surface area contributed by atoms with Gasteiger partial charge in [0.25, 0.3) is 0 Å². The first kappa shape index (κ1) is 20.2. The molecular formula is C21H29N5O2S. The second-order valence-corrected chi connectivity index (χ2v) is 10.1. The monoisotopic (exact) mass is 415 g/mol. The number of rotatable bonds is 5. The number of nitrogens with zero attached hydrogens (tertiary/aromatic N) is 5. The minimum absolute atomic E-state index is 0.0574. The predicted molar refractivity (Wildman–Crippen MR) is 114 cm³/mol. The second-order valence-electron chi connectivity index (χ2n) is 8.09. The summed E-state index contributed by atoms with van der Waals surface area (Å²) in [5, 5.41) is 0. The molecule has 0 aromatic carbocycles. The molecule has 0 radical (unpaired) electrons. The van der Waals surface area contributed by atoms with Crippen molar-refractivity contribution in [2.45, 2.75) is 44.9 Å². The van der Waals surface area contributed by atoms with Gasteiger partial charge in [-0.05, 0) is 44.7 Å². The summed E-state index contributed by atoms with van der Waals surface area (Å²) in [5.74, 6) is 1.88. The van der Waals surface area contributed by atoms with Crippen molar-refractivity contribution in [3.63, 3.8) is 0 Å². The van der Waals surface area contributed by atoms with Crippen LogP contribution in [0.5, 0.6) is 0 Å². The fourth-order valence-electron chi connectivity index (χ4n) is 4.36. The fourth-order valence-corrected chi connectivity index (χ4v) is 5.27. The standard InChI is InChI=1S/C21H29N5O2S/c1-16-19-9-6-12-25(14-10-18-8-3-4-11-22-18)21(19)24-20(23-16)17-7-5-13-26(15-17)29(2,27)28/h3-4,8,11,17H,5-7,9-10,12-15H2,1-2H3. The number of hydrogen-bond donors (Lipinski definition) is 0. The summed E-state index contributed by atoms with van der Waals surface area (Å²) in [6.07, 6.45) is 7.88. The van der Waals surface area contributed by atoms with Gasteiger partial charge < -0.3 is 4.90 Å². The molecule has 4 heterocycles. The molecule has 1 fully saturated rings. The normalized spacial score (nSPS) is 20.5. The van der Waals surface area contributed by atoms with E-state index in [4.69, 9.17) is 9.97 Å². The van der Waals surface area contributed by atoms with E-state index < -0.39 is 10.0 Å². The average Bonchev–Trinajstić information content (AvgIpc) is 2.72. The van der Waals surface area contributed by atoms with Crippen molar-refractivity contribution in [1.29, 1.82) is 0 Å². The highest BCUT2D eigenvalue weighted by atomic mass is 32.2. The van der Waals surface area contributed by atoms with Crippen LogP contribution in [0, 0.1) is 6.92 Å². The highest BCUT2D eigenvalue weighted by molar-refractivity contribution is 7.88.